The fourth-order valence-corrected chi connectivity index (χ4v) is 12.2. The highest BCUT2D eigenvalue weighted by Crippen LogP contribution is 2.20. The number of rotatable bonds is 53. The molecule has 1 aliphatic rings. The van der Waals surface area contributed by atoms with E-state index in [-0.39, 0.29) is 62.4 Å². The van der Waals surface area contributed by atoms with E-state index in [9.17, 15) is 127 Å². The van der Waals surface area contributed by atoms with Gasteiger partial charge in [0.05, 0.1) is 56.6 Å². The van der Waals surface area contributed by atoms with Gasteiger partial charge in [0.2, 0.25) is 94.5 Å². The van der Waals surface area contributed by atoms with E-state index in [2.05, 4.69) is 97.0 Å². The number of primary amides is 1. The van der Waals surface area contributed by atoms with Crippen LogP contribution in [0.25, 0.3) is 0 Å². The molecule has 0 saturated carbocycles. The number of aromatic nitrogens is 2. The molecule has 656 valence electrons. The molecule has 0 bridgehead atoms. The van der Waals surface area contributed by atoms with Gasteiger partial charge in [0.25, 0.3) is 0 Å². The van der Waals surface area contributed by atoms with Crippen LogP contribution in [0.5, 0.6) is 0 Å². The van der Waals surface area contributed by atoms with Crippen LogP contribution in [0.1, 0.15) is 139 Å². The van der Waals surface area contributed by atoms with Crippen molar-refractivity contribution >= 4 is 143 Å². The van der Waals surface area contributed by atoms with E-state index in [1.165, 1.54) is 33.3 Å². The molecule has 1 aromatic rings. The first kappa shape index (κ1) is 102. The second kappa shape index (κ2) is 50.6. The number of carboxylic acids is 4. The largest absolute Gasteiger partial charge is 0.481 e. The number of aromatic amines is 1. The zero-order valence-electron chi connectivity index (χ0n) is 66.8. The Morgan fingerprint density at radius 2 is 0.974 bits per heavy atom. The molecule has 2 rings (SSSR count). The Bertz CT molecular complexity index is 3670. The lowest BCUT2D eigenvalue weighted by molar-refractivity contribution is -0.144. The fraction of sp³-hybridized carbons (Fsp3) is 0.671. The molecule has 45 nitrogen and oxygen atoms in total. The molecule has 17 atom stereocenters. The molecular formula is C70H113N19O26S2. The summed E-state index contributed by atoms with van der Waals surface area (Å²) >= 11 is 5.32. The highest BCUT2D eigenvalue weighted by Gasteiger charge is 2.42. The van der Waals surface area contributed by atoms with Gasteiger partial charge in [-0.3, -0.25) is 91.1 Å². The Morgan fingerprint density at radius 3 is 1.45 bits per heavy atom. The second-order valence-electron chi connectivity index (χ2n) is 29.0. The molecule has 1 aromatic heterocycles. The number of aliphatic hydroxyl groups is 2. The second-order valence-corrected chi connectivity index (χ2v) is 30.4. The van der Waals surface area contributed by atoms with Crippen LogP contribution in [0, 0.1) is 23.7 Å². The summed E-state index contributed by atoms with van der Waals surface area (Å²) in [7, 11) is 0. The maximum Gasteiger partial charge on any atom is 0.328 e. The molecule has 47 heteroatoms. The Balaban J connectivity index is 2.36. The molecule has 2 heterocycles. The van der Waals surface area contributed by atoms with Gasteiger partial charge in [-0.15, -0.1) is 0 Å². The number of carboxylic acid groups (broad SMARTS) is 4. The van der Waals surface area contributed by atoms with Crippen LogP contribution in [-0.2, 0) is 102 Å². The summed E-state index contributed by atoms with van der Waals surface area (Å²) in [4.78, 5) is 275. The topological polar surface area (TPSA) is 715 Å². The van der Waals surface area contributed by atoms with E-state index in [4.69, 9.17) is 11.5 Å². The minimum absolute atomic E-state index is 0.0241. The van der Waals surface area contributed by atoms with Crippen LogP contribution in [0.2, 0.25) is 0 Å². The quantitative estimate of drug-likeness (QED) is 0.0269. The maximum atomic E-state index is 14.2. The number of nitrogens with one attached hydrogen (secondary N) is 15. The number of hydrogen-bond donors (Lipinski definition) is 24. The van der Waals surface area contributed by atoms with Crippen LogP contribution >= 0.6 is 24.4 Å². The molecule has 1 saturated heterocycles. The molecule has 117 heavy (non-hydrogen) atoms. The molecule has 1 aliphatic heterocycles. The lowest BCUT2D eigenvalue weighted by Crippen LogP contribution is -2.63. The number of carbonyl (C=O) groups is 20. The third kappa shape index (κ3) is 35.3. The van der Waals surface area contributed by atoms with Gasteiger partial charge in [0.15, 0.2) is 0 Å². The average Bonchev–Trinajstić information content (AvgIpc) is 1.79. The molecule has 16 amide bonds. The Labute approximate surface area is 683 Å². The maximum absolute atomic E-state index is 14.2. The molecule has 0 unspecified atom stereocenters. The predicted molar refractivity (Wildman–Crippen MR) is 416 cm³/mol. The highest BCUT2D eigenvalue weighted by molar-refractivity contribution is 7.98. The first-order chi connectivity index (χ1) is 54.7. The number of nitrogens with zero attached hydrogens (tertiary/aromatic N) is 2. The van der Waals surface area contributed by atoms with E-state index < -0.39 is 284 Å². The SMILES string of the molecule is CC[C@H](C)[C@H](NC(=O)[C@H](CC(C)C)NC(=O)[C@@H](NC(=O)[C@H](C)N)C(C)C)C(=O)N[C@@H](CC(=O)O)C(=O)N[C@@H](CCC(=O)O)C(=O)N[C@H](C(=O)N[C@@H](CS)C(=O)N[C@H](C(=O)N[C@@H](CCSC)C(=O)N[C@@H](CC(N)=O)C(=O)N[C@@H](CC(=O)O)C(=O)NCC(=O)N1CCC[C@H]1C(=O)N[C@@H](Cc1c[nH]cn1)C(=O)N[C@@H](CO)C(=O)O)[C@@H](C)O)C(C)C. The number of hydrogen-bond acceptors (Lipinski definition) is 26. The zero-order valence-corrected chi connectivity index (χ0v) is 68.5. The zero-order chi connectivity index (χ0) is 89.0. The van der Waals surface area contributed by atoms with Crippen molar-refractivity contribution < 1.29 is 127 Å². The summed E-state index contributed by atoms with van der Waals surface area (Å²) in [5, 5.41) is 91.8. The number of thioether (sulfide) groups is 1. The number of H-pyrrole nitrogens is 1. The van der Waals surface area contributed by atoms with Gasteiger partial charge in [0.1, 0.15) is 84.6 Å². The van der Waals surface area contributed by atoms with E-state index >= 15 is 0 Å². The molecular weight excluding hydrogens is 1590 g/mol. The van der Waals surface area contributed by atoms with Crippen molar-refractivity contribution in [2.24, 2.45) is 35.1 Å². The van der Waals surface area contributed by atoms with Gasteiger partial charge < -0.3 is 126 Å². The van der Waals surface area contributed by atoms with Crippen LogP contribution in [0.3, 0.4) is 0 Å². The van der Waals surface area contributed by atoms with E-state index in [0.29, 0.717) is 0 Å². The van der Waals surface area contributed by atoms with Gasteiger partial charge in [-0.05, 0) is 81.6 Å². The molecule has 0 aromatic carbocycles. The van der Waals surface area contributed by atoms with Gasteiger partial charge in [0, 0.05) is 31.3 Å². The van der Waals surface area contributed by atoms with Crippen molar-refractivity contribution in [3.05, 3.63) is 18.2 Å². The Morgan fingerprint density at radius 1 is 0.538 bits per heavy atom. The molecule has 0 aliphatic carbocycles. The number of likely N-dealkylation sites (tertiary alicyclic amines) is 1. The average molecular weight is 1700 g/mol. The van der Waals surface area contributed by atoms with Crippen LogP contribution in [0.15, 0.2) is 12.5 Å². The van der Waals surface area contributed by atoms with Crippen molar-refractivity contribution in [2.75, 3.05) is 37.5 Å². The predicted octanol–water partition coefficient (Wildman–Crippen LogP) is -8.06. The standard InChI is InChI=1S/C70H113N19O26S2/c1-12-33(8)54(87-63(107)39(20-30(2)3)81-66(110)52(31(4)5)85-56(100)34(9)71)68(112)82-43(24-51(98)99)62(106)76-37(15-16-49(94)95)59(103)86-53(32(6)7)67(111)84-45(28-116)64(108)88-55(35(10)91)69(113)77-38(17-19-117-11)58(102)78-41(22-47(72)92)61(105)79-42(23-50(96)97)57(101)74-26-48(93)89-18-13-14-46(89)65(109)80-40(21-36-25-73-29-75-36)60(104)83-44(27-90)70(114)115/h25,29-35,37-46,52-55,90-91,116H,12-24,26-28,71H2,1-11H3,(H2,72,92)(H,73,75)(H,74,101)(H,76,106)(H,77,113)(H,78,102)(H,79,105)(H,80,109)(H,81,110)(H,82,112)(H,83,104)(H,84,111)(H,85,100)(H,86,103)(H,87,107)(H,88,108)(H,94,95)(H,96,97)(H,98,99)(H,114,115)/t33-,34-,35+,37-,38-,39-,40-,41-,42-,43-,44-,45-,46-,52-,53-,54-,55-/m0/s1. The van der Waals surface area contributed by atoms with Gasteiger partial charge in [-0.1, -0.05) is 61.8 Å². The fourth-order valence-electron chi connectivity index (χ4n) is 11.5. The Kier molecular flexibility index (Phi) is 44.2. The van der Waals surface area contributed by atoms with Crippen LogP contribution in [0.4, 0.5) is 0 Å². The smallest absolute Gasteiger partial charge is 0.328 e. The van der Waals surface area contributed by atoms with E-state index in [1.54, 1.807) is 47.8 Å². The van der Waals surface area contributed by atoms with Crippen LogP contribution < -0.4 is 85.9 Å². The number of thiol groups is 1. The van der Waals surface area contributed by atoms with Crippen LogP contribution in [-0.4, -0.2) is 298 Å². The van der Waals surface area contributed by atoms with Crippen molar-refractivity contribution in [2.45, 2.75) is 237 Å². The molecule has 0 radical (unpaired) electrons. The number of aliphatic carboxylic acids is 4. The van der Waals surface area contributed by atoms with Gasteiger partial charge in [-0.25, -0.2) is 9.78 Å². The number of carbonyl (C=O) groups excluding carboxylic acids is 16. The molecule has 0 spiro atoms. The summed E-state index contributed by atoms with van der Waals surface area (Å²) in [6.07, 6.45) is -2.50. The first-order valence-electron chi connectivity index (χ1n) is 37.5. The lowest BCUT2D eigenvalue weighted by Gasteiger charge is -2.30. The summed E-state index contributed by atoms with van der Waals surface area (Å²) in [6, 6.07) is -24.6. The third-order valence-corrected chi connectivity index (χ3v) is 19.2. The number of nitrogens with two attached hydrogens (primary N) is 2. The minimum atomic E-state index is -2.06. The highest BCUT2D eigenvalue weighted by atomic mass is 32.2. The minimum Gasteiger partial charge on any atom is -0.481 e. The molecule has 25 N–H and O–H groups in total. The van der Waals surface area contributed by atoms with Crippen molar-refractivity contribution in [3.63, 3.8) is 0 Å². The summed E-state index contributed by atoms with van der Waals surface area (Å²) < 4.78 is 0. The molecule has 1 fully saturated rings. The van der Waals surface area contributed by atoms with E-state index in [1.807, 2.05) is 0 Å². The van der Waals surface area contributed by atoms with Crippen molar-refractivity contribution in [3.8, 4) is 0 Å². The van der Waals surface area contributed by atoms with E-state index in [0.717, 1.165) is 23.6 Å². The van der Waals surface area contributed by atoms with Crippen molar-refractivity contribution in [1.82, 2.24) is 89.3 Å². The number of amides is 16. The summed E-state index contributed by atoms with van der Waals surface area (Å²) in [5.41, 5.74) is 11.4. The van der Waals surface area contributed by atoms with Crippen molar-refractivity contribution in [1.29, 1.82) is 0 Å². The summed E-state index contributed by atoms with van der Waals surface area (Å²) in [5.74, 6) is -26.8. The number of imidazole rings is 1. The monoisotopic (exact) mass is 1700 g/mol. The number of aliphatic hydroxyl groups excluding tert-OH is 2. The summed E-state index contributed by atoms with van der Waals surface area (Å²) in [6.45, 7) is 13.3. The van der Waals surface area contributed by atoms with Gasteiger partial charge in [-0.2, -0.15) is 24.4 Å². The van der Waals surface area contributed by atoms with Gasteiger partial charge >= 0.3 is 23.9 Å². The third-order valence-electron chi connectivity index (χ3n) is 18.2. The first-order valence-corrected chi connectivity index (χ1v) is 39.6. The lowest BCUT2D eigenvalue weighted by atomic mass is 9.95. The Hall–Kier alpha value is -10.8. The normalized spacial score (nSPS) is 16.6.